The molecule has 0 aliphatic rings. The van der Waals surface area contributed by atoms with Crippen LogP contribution in [-0.4, -0.2) is 4.98 Å². The number of nitrogen functional groups attached to an aromatic ring is 1. The van der Waals surface area contributed by atoms with Gasteiger partial charge in [0, 0.05) is 16.8 Å². The Morgan fingerprint density at radius 2 is 2.05 bits per heavy atom. The summed E-state index contributed by atoms with van der Waals surface area (Å²) in [4.78, 5) is 4.14. The molecule has 21 heavy (non-hydrogen) atoms. The molecule has 5 heteroatoms. The fraction of sp³-hybridized carbons (Fsp3) is 0.250. The predicted octanol–water partition coefficient (Wildman–Crippen LogP) is 3.74. The second-order valence-corrected chi connectivity index (χ2v) is 4.80. The Bertz CT molecular complexity index is 733. The number of aryl methyl sites for hydroxylation is 1. The van der Waals surface area contributed by atoms with E-state index in [-0.39, 0.29) is 16.9 Å². The van der Waals surface area contributed by atoms with Crippen LogP contribution in [0.25, 0.3) is 11.1 Å². The number of nitrogens with zero attached hydrogens (tertiary/aromatic N) is 2. The summed E-state index contributed by atoms with van der Waals surface area (Å²) in [6.45, 7) is 3.72. The first-order chi connectivity index (χ1) is 9.99. The van der Waals surface area contributed by atoms with E-state index >= 15 is 0 Å². The minimum atomic E-state index is -0.588. The molecule has 0 bridgehead atoms. The average Bonchev–Trinajstić information content (AvgIpc) is 2.44. The van der Waals surface area contributed by atoms with Crippen molar-refractivity contribution >= 4 is 5.82 Å². The standard InChI is InChI=1S/C16H15F2N3/c1-3-4-11-9(2)21-16(20)13(8-19)15(11)12-7-10(17)5-6-14(12)18/h5-7H,3-4H2,1-2H3,(H2,20,21). The zero-order valence-corrected chi connectivity index (χ0v) is 11.9. The van der Waals surface area contributed by atoms with Gasteiger partial charge in [0.25, 0.3) is 0 Å². The van der Waals surface area contributed by atoms with Gasteiger partial charge in [-0.05, 0) is 37.1 Å². The average molecular weight is 287 g/mol. The lowest BCUT2D eigenvalue weighted by Gasteiger charge is -2.16. The summed E-state index contributed by atoms with van der Waals surface area (Å²) in [5.74, 6) is -1.12. The summed E-state index contributed by atoms with van der Waals surface area (Å²) in [5.41, 5.74) is 7.62. The van der Waals surface area contributed by atoms with Gasteiger partial charge in [-0.15, -0.1) is 0 Å². The Kier molecular flexibility index (Phi) is 4.18. The van der Waals surface area contributed by atoms with Crippen LogP contribution in [0.15, 0.2) is 18.2 Å². The van der Waals surface area contributed by atoms with Gasteiger partial charge in [0.2, 0.25) is 0 Å². The number of hydrogen-bond donors (Lipinski definition) is 1. The van der Waals surface area contributed by atoms with Gasteiger partial charge in [0.05, 0.1) is 0 Å². The van der Waals surface area contributed by atoms with Crippen molar-refractivity contribution in [2.75, 3.05) is 5.73 Å². The van der Waals surface area contributed by atoms with E-state index in [4.69, 9.17) is 5.73 Å². The summed E-state index contributed by atoms with van der Waals surface area (Å²) in [6.07, 6.45) is 1.40. The number of benzene rings is 1. The number of nitrogens with two attached hydrogens (primary N) is 1. The van der Waals surface area contributed by atoms with Crippen molar-refractivity contribution in [3.63, 3.8) is 0 Å². The Balaban J connectivity index is 2.88. The molecule has 0 unspecified atom stereocenters. The Morgan fingerprint density at radius 1 is 1.33 bits per heavy atom. The molecule has 108 valence electrons. The van der Waals surface area contributed by atoms with Crippen molar-refractivity contribution in [2.24, 2.45) is 0 Å². The maximum absolute atomic E-state index is 14.1. The monoisotopic (exact) mass is 287 g/mol. The number of aromatic nitrogens is 1. The molecule has 1 aromatic carbocycles. The van der Waals surface area contributed by atoms with Gasteiger partial charge in [-0.3, -0.25) is 0 Å². The molecular formula is C16H15F2N3. The van der Waals surface area contributed by atoms with Gasteiger partial charge in [-0.2, -0.15) is 5.26 Å². The van der Waals surface area contributed by atoms with Gasteiger partial charge in [-0.1, -0.05) is 13.3 Å². The summed E-state index contributed by atoms with van der Waals surface area (Å²) in [5, 5.41) is 9.32. The van der Waals surface area contributed by atoms with Crippen LogP contribution in [0.2, 0.25) is 0 Å². The molecule has 2 N–H and O–H groups in total. The lowest BCUT2D eigenvalue weighted by molar-refractivity contribution is 0.603. The Hall–Kier alpha value is -2.48. The molecule has 0 aliphatic carbocycles. The van der Waals surface area contributed by atoms with E-state index in [0.717, 1.165) is 30.2 Å². The Morgan fingerprint density at radius 3 is 2.67 bits per heavy atom. The predicted molar refractivity (Wildman–Crippen MR) is 77.4 cm³/mol. The molecule has 0 spiro atoms. The topological polar surface area (TPSA) is 62.7 Å². The van der Waals surface area contributed by atoms with E-state index in [1.807, 2.05) is 13.0 Å². The summed E-state index contributed by atoms with van der Waals surface area (Å²) >= 11 is 0. The van der Waals surface area contributed by atoms with Crippen LogP contribution in [0.3, 0.4) is 0 Å². The lowest BCUT2D eigenvalue weighted by atomic mass is 9.91. The van der Waals surface area contributed by atoms with Crippen molar-refractivity contribution in [1.29, 1.82) is 5.26 Å². The highest BCUT2D eigenvalue weighted by Crippen LogP contribution is 2.34. The van der Waals surface area contributed by atoms with Gasteiger partial charge in [-0.25, -0.2) is 13.8 Å². The van der Waals surface area contributed by atoms with Crippen LogP contribution in [0, 0.1) is 29.9 Å². The number of anilines is 1. The minimum Gasteiger partial charge on any atom is -0.383 e. The summed E-state index contributed by atoms with van der Waals surface area (Å²) < 4.78 is 27.6. The number of pyridine rings is 1. The molecule has 1 heterocycles. The van der Waals surface area contributed by atoms with Crippen molar-refractivity contribution in [3.8, 4) is 17.2 Å². The van der Waals surface area contributed by atoms with Crippen LogP contribution in [0.4, 0.5) is 14.6 Å². The molecule has 0 saturated carbocycles. The molecule has 2 aromatic rings. The highest BCUT2D eigenvalue weighted by Gasteiger charge is 2.20. The van der Waals surface area contributed by atoms with Crippen molar-refractivity contribution in [3.05, 3.63) is 46.7 Å². The fourth-order valence-electron chi connectivity index (χ4n) is 2.42. The lowest BCUT2D eigenvalue weighted by Crippen LogP contribution is -2.06. The number of halogens is 2. The van der Waals surface area contributed by atoms with E-state index < -0.39 is 11.6 Å². The van der Waals surface area contributed by atoms with E-state index in [2.05, 4.69) is 4.98 Å². The molecule has 0 radical (unpaired) electrons. The zero-order chi connectivity index (χ0) is 15.6. The summed E-state index contributed by atoms with van der Waals surface area (Å²) in [7, 11) is 0. The van der Waals surface area contributed by atoms with Crippen LogP contribution in [0.1, 0.15) is 30.2 Å². The molecule has 3 nitrogen and oxygen atoms in total. The molecule has 0 saturated heterocycles. The largest absolute Gasteiger partial charge is 0.383 e. The molecule has 0 atom stereocenters. The smallest absolute Gasteiger partial charge is 0.142 e. The number of hydrogen-bond acceptors (Lipinski definition) is 3. The maximum atomic E-state index is 14.1. The van der Waals surface area contributed by atoms with Gasteiger partial charge in [0.15, 0.2) is 0 Å². The van der Waals surface area contributed by atoms with E-state index in [0.29, 0.717) is 17.7 Å². The number of rotatable bonds is 3. The quantitative estimate of drug-likeness (QED) is 0.935. The van der Waals surface area contributed by atoms with Crippen molar-refractivity contribution in [2.45, 2.75) is 26.7 Å². The second-order valence-electron chi connectivity index (χ2n) is 4.80. The molecule has 0 aliphatic heterocycles. The molecular weight excluding hydrogens is 272 g/mol. The highest BCUT2D eigenvalue weighted by molar-refractivity contribution is 5.79. The first kappa shape index (κ1) is 14.9. The number of nitriles is 1. The van der Waals surface area contributed by atoms with Gasteiger partial charge < -0.3 is 5.73 Å². The molecule has 0 fully saturated rings. The van der Waals surface area contributed by atoms with Crippen molar-refractivity contribution < 1.29 is 8.78 Å². The van der Waals surface area contributed by atoms with E-state index in [1.54, 1.807) is 6.92 Å². The maximum Gasteiger partial charge on any atom is 0.142 e. The van der Waals surface area contributed by atoms with Crippen LogP contribution >= 0.6 is 0 Å². The first-order valence-corrected chi connectivity index (χ1v) is 6.64. The van der Waals surface area contributed by atoms with Gasteiger partial charge >= 0.3 is 0 Å². The minimum absolute atomic E-state index is 0.0357. The highest BCUT2D eigenvalue weighted by atomic mass is 19.1. The molecule has 2 rings (SSSR count). The third-order valence-electron chi connectivity index (χ3n) is 3.34. The van der Waals surface area contributed by atoms with E-state index in [9.17, 15) is 14.0 Å². The summed E-state index contributed by atoms with van der Waals surface area (Å²) in [6, 6.07) is 5.14. The normalized spacial score (nSPS) is 10.4. The first-order valence-electron chi connectivity index (χ1n) is 6.64. The van der Waals surface area contributed by atoms with E-state index in [1.165, 1.54) is 0 Å². The van der Waals surface area contributed by atoms with Crippen LogP contribution in [0.5, 0.6) is 0 Å². The van der Waals surface area contributed by atoms with Gasteiger partial charge in [0.1, 0.15) is 29.1 Å². The third kappa shape index (κ3) is 2.70. The molecule has 1 aromatic heterocycles. The Labute approximate surface area is 122 Å². The van der Waals surface area contributed by atoms with Crippen LogP contribution < -0.4 is 5.73 Å². The molecule has 0 amide bonds. The second kappa shape index (κ2) is 5.88. The SMILES string of the molecule is CCCc1c(C)nc(N)c(C#N)c1-c1cc(F)ccc1F. The third-order valence-corrected chi connectivity index (χ3v) is 3.34. The van der Waals surface area contributed by atoms with Crippen molar-refractivity contribution in [1.82, 2.24) is 4.98 Å². The fourth-order valence-corrected chi connectivity index (χ4v) is 2.42. The zero-order valence-electron chi connectivity index (χ0n) is 11.9. The van der Waals surface area contributed by atoms with Crippen LogP contribution in [-0.2, 0) is 6.42 Å².